The summed E-state index contributed by atoms with van der Waals surface area (Å²) in [5.74, 6) is -0.164. The lowest BCUT2D eigenvalue weighted by Gasteiger charge is -2.05. The van der Waals surface area contributed by atoms with Crippen LogP contribution in [0.2, 0.25) is 0 Å². The third-order valence-corrected chi connectivity index (χ3v) is 2.30. The molecule has 0 heterocycles. The van der Waals surface area contributed by atoms with E-state index >= 15 is 0 Å². The van der Waals surface area contributed by atoms with Gasteiger partial charge in [0.2, 0.25) is 0 Å². The standard InChI is InChI=1S/C12H11NO/c1-2-13-12(14)11-8-4-6-9-5-3-7-10(9)11/h3-4,6-8H,1-2,5H2. The summed E-state index contributed by atoms with van der Waals surface area (Å²) in [7, 11) is 0. The van der Waals surface area contributed by atoms with E-state index in [1.165, 1.54) is 5.56 Å². The van der Waals surface area contributed by atoms with E-state index in [1.54, 1.807) is 0 Å². The highest BCUT2D eigenvalue weighted by Crippen LogP contribution is 2.23. The van der Waals surface area contributed by atoms with Crippen molar-refractivity contribution in [3.05, 3.63) is 47.9 Å². The van der Waals surface area contributed by atoms with Gasteiger partial charge >= 0.3 is 0 Å². The Kier molecular flexibility index (Phi) is 2.35. The lowest BCUT2D eigenvalue weighted by Crippen LogP contribution is -2.16. The summed E-state index contributed by atoms with van der Waals surface area (Å²) in [5, 5.41) is 3.79. The van der Waals surface area contributed by atoms with Crippen molar-refractivity contribution in [2.24, 2.45) is 0 Å². The molecule has 1 aromatic rings. The predicted octanol–water partition coefficient (Wildman–Crippen LogP) is 1.83. The molecule has 1 aliphatic rings. The van der Waals surface area contributed by atoms with Gasteiger partial charge < -0.3 is 0 Å². The highest BCUT2D eigenvalue weighted by molar-refractivity contribution is 5.98. The van der Waals surface area contributed by atoms with Crippen molar-refractivity contribution in [3.63, 3.8) is 0 Å². The number of amides is 1. The van der Waals surface area contributed by atoms with Crippen molar-refractivity contribution in [3.8, 4) is 0 Å². The van der Waals surface area contributed by atoms with Crippen LogP contribution in [-0.4, -0.2) is 12.5 Å². The molecule has 2 nitrogen and oxygen atoms in total. The van der Waals surface area contributed by atoms with Crippen LogP contribution in [0.5, 0.6) is 0 Å². The van der Waals surface area contributed by atoms with Crippen molar-refractivity contribution in [2.45, 2.75) is 6.42 Å². The van der Waals surface area contributed by atoms with Gasteiger partial charge in [-0.2, -0.15) is 0 Å². The summed E-state index contributed by atoms with van der Waals surface area (Å²) in [6.07, 6.45) is 4.97. The van der Waals surface area contributed by atoms with Gasteiger partial charge in [-0.1, -0.05) is 24.3 Å². The molecule has 2 rings (SSSR count). The first-order valence-corrected chi connectivity index (χ1v) is 4.62. The van der Waals surface area contributed by atoms with Gasteiger partial charge in [0.1, 0.15) is 0 Å². The molecular weight excluding hydrogens is 174 g/mol. The highest BCUT2D eigenvalue weighted by atomic mass is 16.1. The number of benzene rings is 1. The third kappa shape index (κ3) is 1.43. The Hall–Kier alpha value is -1.57. The van der Waals surface area contributed by atoms with Crippen LogP contribution in [-0.2, 0) is 6.42 Å². The first-order chi connectivity index (χ1) is 6.83. The molecule has 1 aliphatic carbocycles. The average molecular weight is 185 g/mol. The Labute approximate surface area is 83.6 Å². The Balaban J connectivity index is 2.39. The second-order valence-electron chi connectivity index (χ2n) is 3.17. The van der Waals surface area contributed by atoms with Crippen molar-refractivity contribution in [1.29, 1.82) is 0 Å². The van der Waals surface area contributed by atoms with Crippen LogP contribution in [0.3, 0.4) is 0 Å². The second-order valence-corrected chi connectivity index (χ2v) is 3.17. The molecule has 1 aromatic carbocycles. The monoisotopic (exact) mass is 185 g/mol. The molecule has 0 aromatic heterocycles. The van der Waals surface area contributed by atoms with Crippen LogP contribution in [0.15, 0.2) is 24.3 Å². The van der Waals surface area contributed by atoms with Crippen LogP contribution >= 0.6 is 0 Å². The Morgan fingerprint density at radius 3 is 3.14 bits per heavy atom. The fourth-order valence-electron chi connectivity index (χ4n) is 1.66. The molecule has 0 saturated heterocycles. The van der Waals surface area contributed by atoms with Crippen LogP contribution in [0.25, 0.3) is 6.08 Å². The maximum atomic E-state index is 11.6. The molecule has 1 amide bonds. The maximum absolute atomic E-state index is 11.6. The lowest BCUT2D eigenvalue weighted by atomic mass is 10.0. The third-order valence-electron chi connectivity index (χ3n) is 2.30. The van der Waals surface area contributed by atoms with E-state index in [0.717, 1.165) is 12.0 Å². The van der Waals surface area contributed by atoms with Gasteiger partial charge in [0.05, 0.1) is 0 Å². The largest absolute Gasteiger partial charge is 0.273 e. The molecule has 0 aliphatic heterocycles. The topological polar surface area (TPSA) is 31.2 Å². The molecule has 0 N–H and O–H groups in total. The zero-order chi connectivity index (χ0) is 9.97. The van der Waals surface area contributed by atoms with Crippen molar-refractivity contribution < 1.29 is 4.79 Å². The van der Waals surface area contributed by atoms with E-state index in [9.17, 15) is 4.79 Å². The quantitative estimate of drug-likeness (QED) is 0.691. The minimum atomic E-state index is -0.164. The lowest BCUT2D eigenvalue weighted by molar-refractivity contribution is 0.0953. The van der Waals surface area contributed by atoms with Gasteiger partial charge in [0.25, 0.3) is 5.91 Å². The predicted molar refractivity (Wildman–Crippen MR) is 55.9 cm³/mol. The number of nitrogens with zero attached hydrogens (tertiary/aromatic N) is 1. The first-order valence-electron chi connectivity index (χ1n) is 4.62. The molecule has 0 spiro atoms. The van der Waals surface area contributed by atoms with Crippen molar-refractivity contribution in [1.82, 2.24) is 5.32 Å². The summed E-state index contributed by atoms with van der Waals surface area (Å²) in [6, 6.07) is 5.75. The fourth-order valence-corrected chi connectivity index (χ4v) is 1.66. The van der Waals surface area contributed by atoms with Gasteiger partial charge in [0, 0.05) is 12.1 Å². The van der Waals surface area contributed by atoms with E-state index in [1.807, 2.05) is 24.3 Å². The summed E-state index contributed by atoms with van der Waals surface area (Å²) >= 11 is 0. The van der Waals surface area contributed by atoms with Gasteiger partial charge in [-0.3, -0.25) is 4.79 Å². The molecule has 2 radical (unpaired) electrons. The van der Waals surface area contributed by atoms with Gasteiger partial charge in [0.15, 0.2) is 0 Å². The summed E-state index contributed by atoms with van der Waals surface area (Å²) in [4.78, 5) is 11.6. The van der Waals surface area contributed by atoms with Gasteiger partial charge in [-0.25, -0.2) is 5.32 Å². The fraction of sp³-hybridized carbons (Fsp3) is 0.167. The Morgan fingerprint density at radius 2 is 2.36 bits per heavy atom. The van der Waals surface area contributed by atoms with E-state index in [-0.39, 0.29) is 5.91 Å². The maximum Gasteiger partial charge on any atom is 0.273 e. The van der Waals surface area contributed by atoms with Crippen molar-refractivity contribution in [2.75, 3.05) is 6.54 Å². The van der Waals surface area contributed by atoms with Crippen LogP contribution < -0.4 is 5.32 Å². The molecule has 0 unspecified atom stereocenters. The molecule has 0 saturated carbocycles. The van der Waals surface area contributed by atoms with Crippen molar-refractivity contribution >= 4 is 12.0 Å². The number of rotatable bonds is 2. The molecular formula is C12H11NO. The zero-order valence-electron chi connectivity index (χ0n) is 7.86. The average Bonchev–Trinajstić information content (AvgIpc) is 2.65. The SMILES string of the molecule is [CH2]C[N]C(=O)c1cccc2c1C=CC2. The Bertz CT molecular complexity index is 393. The molecule has 0 atom stereocenters. The molecule has 14 heavy (non-hydrogen) atoms. The molecule has 70 valence electrons. The minimum Gasteiger partial charge on any atom is -0.267 e. The number of carbonyl (C=O) groups is 1. The van der Waals surface area contributed by atoms with E-state index in [2.05, 4.69) is 18.3 Å². The number of hydrogen-bond acceptors (Lipinski definition) is 1. The number of carbonyl (C=O) groups excluding carboxylic acids is 1. The van der Waals surface area contributed by atoms with Crippen LogP contribution in [0, 0.1) is 6.92 Å². The number of fused-ring (bicyclic) bond motifs is 1. The second kappa shape index (κ2) is 3.66. The van der Waals surface area contributed by atoms with E-state index in [4.69, 9.17) is 0 Å². The number of allylic oxidation sites excluding steroid dienone is 1. The normalized spacial score (nSPS) is 12.6. The van der Waals surface area contributed by atoms with Crippen LogP contribution in [0.1, 0.15) is 21.5 Å². The van der Waals surface area contributed by atoms with Gasteiger partial charge in [-0.05, 0) is 30.5 Å². The molecule has 2 heteroatoms. The summed E-state index contributed by atoms with van der Waals surface area (Å²) in [5.41, 5.74) is 2.92. The summed E-state index contributed by atoms with van der Waals surface area (Å²) in [6.45, 7) is 3.84. The number of hydrogen-bond donors (Lipinski definition) is 0. The molecule has 0 bridgehead atoms. The molecule has 0 fully saturated rings. The highest BCUT2D eigenvalue weighted by Gasteiger charge is 2.14. The smallest absolute Gasteiger partial charge is 0.267 e. The minimum absolute atomic E-state index is 0.164. The summed E-state index contributed by atoms with van der Waals surface area (Å²) < 4.78 is 0. The van der Waals surface area contributed by atoms with E-state index < -0.39 is 0 Å². The van der Waals surface area contributed by atoms with E-state index in [0.29, 0.717) is 12.1 Å². The van der Waals surface area contributed by atoms with Gasteiger partial charge in [-0.15, -0.1) is 0 Å². The Morgan fingerprint density at radius 1 is 1.50 bits per heavy atom. The zero-order valence-corrected chi connectivity index (χ0v) is 7.86. The van der Waals surface area contributed by atoms with Crippen LogP contribution in [0.4, 0.5) is 0 Å². The first kappa shape index (κ1) is 9.00.